The van der Waals surface area contributed by atoms with Crippen LogP contribution in [0.4, 0.5) is 0 Å². The molecule has 0 saturated carbocycles. The van der Waals surface area contributed by atoms with Crippen LogP contribution in [0.3, 0.4) is 0 Å². The van der Waals surface area contributed by atoms with E-state index < -0.39 is 0 Å². The number of benzene rings is 1. The normalized spacial score (nSPS) is 11.0. The summed E-state index contributed by atoms with van der Waals surface area (Å²) in [7, 11) is 3.42. The number of likely N-dealkylation sites (N-methyl/N-ethyl adjacent to an activating group) is 1. The molecule has 1 aromatic rings. The molecular weight excluding hydrogens is 429 g/mol. The number of aliphatic imine (C=N–C) groups is 1. The van der Waals surface area contributed by atoms with Gasteiger partial charge < -0.3 is 20.9 Å². The summed E-state index contributed by atoms with van der Waals surface area (Å²) >= 11 is 0. The van der Waals surface area contributed by atoms with Crippen LogP contribution in [0.5, 0.6) is 0 Å². The van der Waals surface area contributed by atoms with E-state index in [1.807, 2.05) is 24.3 Å². The number of rotatable bonds is 9. The molecule has 0 fully saturated rings. The SMILES string of the molecule is CCN(CC)CCNC(=NC)NCCc1cccc(C(=O)NC)c1.I. The Hall–Kier alpha value is -1.35. The summed E-state index contributed by atoms with van der Waals surface area (Å²) in [6.07, 6.45) is 0.835. The first-order chi connectivity index (χ1) is 11.6. The first-order valence-electron chi connectivity index (χ1n) is 8.62. The van der Waals surface area contributed by atoms with E-state index in [-0.39, 0.29) is 29.9 Å². The van der Waals surface area contributed by atoms with Gasteiger partial charge in [0.1, 0.15) is 0 Å². The summed E-state index contributed by atoms with van der Waals surface area (Å²) in [6.45, 7) is 9.10. The highest BCUT2D eigenvalue weighted by atomic mass is 127. The van der Waals surface area contributed by atoms with E-state index >= 15 is 0 Å². The average Bonchev–Trinajstić information content (AvgIpc) is 2.63. The number of amides is 1. The predicted molar refractivity (Wildman–Crippen MR) is 116 cm³/mol. The molecular formula is C18H32IN5O. The van der Waals surface area contributed by atoms with Crippen LogP contribution in [0.15, 0.2) is 29.3 Å². The van der Waals surface area contributed by atoms with Gasteiger partial charge in [-0.15, -0.1) is 24.0 Å². The van der Waals surface area contributed by atoms with Gasteiger partial charge in [-0.1, -0.05) is 26.0 Å². The van der Waals surface area contributed by atoms with Crippen LogP contribution in [0.1, 0.15) is 29.8 Å². The lowest BCUT2D eigenvalue weighted by atomic mass is 10.1. The lowest BCUT2D eigenvalue weighted by Crippen LogP contribution is -2.42. The molecule has 0 unspecified atom stereocenters. The predicted octanol–water partition coefficient (Wildman–Crippen LogP) is 1.71. The summed E-state index contributed by atoms with van der Waals surface area (Å²) in [4.78, 5) is 18.3. The van der Waals surface area contributed by atoms with E-state index in [0.29, 0.717) is 5.56 Å². The number of halogens is 1. The van der Waals surface area contributed by atoms with Gasteiger partial charge in [-0.25, -0.2) is 0 Å². The van der Waals surface area contributed by atoms with Gasteiger partial charge in [-0.05, 0) is 37.2 Å². The van der Waals surface area contributed by atoms with Gasteiger partial charge in [-0.3, -0.25) is 9.79 Å². The van der Waals surface area contributed by atoms with Crippen LogP contribution in [0.25, 0.3) is 0 Å². The number of nitrogens with zero attached hydrogens (tertiary/aromatic N) is 2. The zero-order valence-electron chi connectivity index (χ0n) is 15.8. The minimum absolute atomic E-state index is 0. The number of carbonyl (C=O) groups excluding carboxylic acids is 1. The highest BCUT2D eigenvalue weighted by molar-refractivity contribution is 14.0. The Morgan fingerprint density at radius 1 is 1.16 bits per heavy atom. The van der Waals surface area contributed by atoms with Crippen molar-refractivity contribution in [3.05, 3.63) is 35.4 Å². The standard InChI is InChI=1S/C18H31N5O.HI/c1-5-23(6-2)13-12-22-18(20-4)21-11-10-15-8-7-9-16(14-15)17(24)19-3;/h7-9,14H,5-6,10-13H2,1-4H3,(H,19,24)(H2,20,21,22);1H. The van der Waals surface area contributed by atoms with Crippen LogP contribution >= 0.6 is 24.0 Å². The largest absolute Gasteiger partial charge is 0.356 e. The summed E-state index contributed by atoms with van der Waals surface area (Å²) < 4.78 is 0. The van der Waals surface area contributed by atoms with E-state index in [4.69, 9.17) is 0 Å². The lowest BCUT2D eigenvalue weighted by Gasteiger charge is -2.19. The first-order valence-corrected chi connectivity index (χ1v) is 8.62. The van der Waals surface area contributed by atoms with Gasteiger partial charge in [0.15, 0.2) is 5.96 Å². The molecule has 0 aliphatic heterocycles. The molecule has 0 aliphatic carbocycles. The lowest BCUT2D eigenvalue weighted by molar-refractivity contribution is 0.0963. The molecule has 7 heteroatoms. The maximum Gasteiger partial charge on any atom is 0.251 e. The zero-order chi connectivity index (χ0) is 17.8. The van der Waals surface area contributed by atoms with Gasteiger partial charge in [0.25, 0.3) is 5.91 Å². The van der Waals surface area contributed by atoms with E-state index in [0.717, 1.165) is 50.7 Å². The van der Waals surface area contributed by atoms with E-state index in [9.17, 15) is 4.79 Å². The Kier molecular flexibility index (Phi) is 13.1. The van der Waals surface area contributed by atoms with Crippen molar-refractivity contribution < 1.29 is 4.79 Å². The molecule has 25 heavy (non-hydrogen) atoms. The number of guanidine groups is 1. The maximum atomic E-state index is 11.7. The van der Waals surface area contributed by atoms with Crippen molar-refractivity contribution >= 4 is 35.8 Å². The minimum Gasteiger partial charge on any atom is -0.356 e. The number of nitrogens with one attached hydrogen (secondary N) is 3. The molecule has 0 spiro atoms. The van der Waals surface area contributed by atoms with Gasteiger partial charge in [0.2, 0.25) is 0 Å². The second-order valence-corrected chi connectivity index (χ2v) is 5.48. The molecule has 0 aromatic heterocycles. The van der Waals surface area contributed by atoms with E-state index in [1.165, 1.54) is 0 Å². The topological polar surface area (TPSA) is 68.8 Å². The van der Waals surface area contributed by atoms with Crippen molar-refractivity contribution in [3.63, 3.8) is 0 Å². The van der Waals surface area contributed by atoms with Crippen LogP contribution in [-0.2, 0) is 6.42 Å². The molecule has 1 rings (SSSR count). The van der Waals surface area contributed by atoms with Gasteiger partial charge in [0.05, 0.1) is 0 Å². The van der Waals surface area contributed by atoms with Crippen LogP contribution in [-0.4, -0.2) is 63.6 Å². The van der Waals surface area contributed by atoms with E-state index in [1.54, 1.807) is 14.1 Å². The van der Waals surface area contributed by atoms with Crippen LogP contribution < -0.4 is 16.0 Å². The summed E-state index contributed by atoms with van der Waals surface area (Å²) in [5, 5.41) is 9.28. The number of hydrogen-bond acceptors (Lipinski definition) is 3. The quantitative estimate of drug-likeness (QED) is 0.298. The van der Waals surface area contributed by atoms with Crippen molar-refractivity contribution in [2.24, 2.45) is 4.99 Å². The molecule has 3 N–H and O–H groups in total. The second-order valence-electron chi connectivity index (χ2n) is 5.48. The average molecular weight is 461 g/mol. The second kappa shape index (κ2) is 13.9. The van der Waals surface area contributed by atoms with Crippen LogP contribution in [0, 0.1) is 0 Å². The molecule has 0 radical (unpaired) electrons. The summed E-state index contributed by atoms with van der Waals surface area (Å²) in [5.41, 5.74) is 1.82. The molecule has 0 heterocycles. The van der Waals surface area contributed by atoms with Crippen molar-refractivity contribution in [1.82, 2.24) is 20.9 Å². The summed E-state index contributed by atoms with van der Waals surface area (Å²) in [5.74, 6) is 0.753. The highest BCUT2D eigenvalue weighted by Gasteiger charge is 2.04. The molecule has 0 aliphatic rings. The third-order valence-electron chi connectivity index (χ3n) is 3.96. The van der Waals surface area contributed by atoms with Gasteiger partial charge >= 0.3 is 0 Å². The Labute approximate surface area is 168 Å². The third kappa shape index (κ3) is 9.06. The Balaban J connectivity index is 0.00000576. The Morgan fingerprint density at radius 3 is 2.44 bits per heavy atom. The Morgan fingerprint density at radius 2 is 1.84 bits per heavy atom. The smallest absolute Gasteiger partial charge is 0.251 e. The molecule has 0 bridgehead atoms. The van der Waals surface area contributed by atoms with Gasteiger partial charge in [-0.2, -0.15) is 0 Å². The fourth-order valence-corrected chi connectivity index (χ4v) is 2.43. The number of hydrogen-bond donors (Lipinski definition) is 3. The van der Waals surface area contributed by atoms with Crippen molar-refractivity contribution in [2.45, 2.75) is 20.3 Å². The fraction of sp³-hybridized carbons (Fsp3) is 0.556. The highest BCUT2D eigenvalue weighted by Crippen LogP contribution is 2.05. The summed E-state index contributed by atoms with van der Waals surface area (Å²) in [6, 6.07) is 7.70. The van der Waals surface area contributed by atoms with Crippen LogP contribution in [0.2, 0.25) is 0 Å². The zero-order valence-corrected chi connectivity index (χ0v) is 18.1. The van der Waals surface area contributed by atoms with E-state index in [2.05, 4.69) is 39.7 Å². The molecule has 1 aromatic carbocycles. The molecule has 0 saturated heterocycles. The van der Waals surface area contributed by atoms with Gasteiger partial charge in [0, 0.05) is 39.3 Å². The van der Waals surface area contributed by atoms with Crippen molar-refractivity contribution in [3.8, 4) is 0 Å². The van der Waals surface area contributed by atoms with Crippen molar-refractivity contribution in [2.75, 3.05) is 46.8 Å². The fourth-order valence-electron chi connectivity index (χ4n) is 2.43. The molecule has 142 valence electrons. The molecule has 6 nitrogen and oxygen atoms in total. The monoisotopic (exact) mass is 461 g/mol. The minimum atomic E-state index is -0.0568. The number of carbonyl (C=O) groups is 1. The Bertz CT molecular complexity index is 532. The molecule has 0 atom stereocenters. The maximum absolute atomic E-state index is 11.7. The first kappa shape index (κ1) is 23.6. The third-order valence-corrected chi connectivity index (χ3v) is 3.96. The molecule has 1 amide bonds. The van der Waals surface area contributed by atoms with Crippen molar-refractivity contribution in [1.29, 1.82) is 0 Å².